The Morgan fingerprint density at radius 1 is 1.07 bits per heavy atom. The normalized spacial score (nSPS) is 12.3. The molecule has 158 valence electrons. The van der Waals surface area contributed by atoms with Crippen LogP contribution in [0.2, 0.25) is 0 Å². The van der Waals surface area contributed by atoms with Gasteiger partial charge >= 0.3 is 6.18 Å². The molecule has 0 atom stereocenters. The molecule has 2 aromatic carbocycles. The predicted octanol–water partition coefficient (Wildman–Crippen LogP) is 3.91. The minimum absolute atomic E-state index is 0.0177. The van der Waals surface area contributed by atoms with Gasteiger partial charge in [-0.3, -0.25) is 4.79 Å². The highest BCUT2D eigenvalue weighted by Gasteiger charge is 2.28. The van der Waals surface area contributed by atoms with E-state index in [4.69, 9.17) is 0 Å². The van der Waals surface area contributed by atoms with Crippen LogP contribution in [0, 0.1) is 0 Å². The number of carbonyl (C=O) groups is 1. The summed E-state index contributed by atoms with van der Waals surface area (Å²) in [5, 5.41) is 2.58. The lowest BCUT2D eigenvalue weighted by Gasteiger charge is -2.21. The van der Waals surface area contributed by atoms with E-state index in [-0.39, 0.29) is 22.3 Å². The standard InChI is InChI=1S/C19H21F3N2O4S/c1-13(2)24(3)29(26,27)17-10-4-14(5-11-17)18(25)23-15-6-8-16(9-7-15)28-12-19(20,21)22/h4-11,13H,12H2,1-3H3,(H,23,25). The second kappa shape index (κ2) is 8.83. The van der Waals surface area contributed by atoms with Crippen LogP contribution in [0.15, 0.2) is 53.4 Å². The quantitative estimate of drug-likeness (QED) is 0.723. The van der Waals surface area contributed by atoms with Gasteiger partial charge in [-0.25, -0.2) is 8.42 Å². The van der Waals surface area contributed by atoms with E-state index in [0.717, 1.165) is 0 Å². The van der Waals surface area contributed by atoms with E-state index >= 15 is 0 Å². The Kier molecular flexibility index (Phi) is 6.91. The molecule has 2 rings (SSSR count). The SMILES string of the molecule is CC(C)N(C)S(=O)(=O)c1ccc(C(=O)Nc2ccc(OCC(F)(F)F)cc2)cc1. The van der Waals surface area contributed by atoms with Crippen molar-refractivity contribution in [2.75, 3.05) is 19.0 Å². The van der Waals surface area contributed by atoms with Gasteiger partial charge in [0.2, 0.25) is 10.0 Å². The van der Waals surface area contributed by atoms with Crippen LogP contribution >= 0.6 is 0 Å². The summed E-state index contributed by atoms with van der Waals surface area (Å²) in [6.45, 7) is 2.09. The maximum atomic E-state index is 12.4. The Hall–Kier alpha value is -2.59. The van der Waals surface area contributed by atoms with Crippen LogP contribution in [-0.4, -0.2) is 44.5 Å². The van der Waals surface area contributed by atoms with E-state index in [1.165, 1.54) is 59.9 Å². The number of amides is 1. The Bertz CT molecular complexity index is 941. The first-order chi connectivity index (χ1) is 13.4. The monoisotopic (exact) mass is 430 g/mol. The molecular weight excluding hydrogens is 409 g/mol. The van der Waals surface area contributed by atoms with Crippen LogP contribution in [0.25, 0.3) is 0 Å². The summed E-state index contributed by atoms with van der Waals surface area (Å²) in [7, 11) is -2.18. The number of anilines is 1. The van der Waals surface area contributed by atoms with Crippen molar-refractivity contribution in [2.45, 2.75) is 31.0 Å². The van der Waals surface area contributed by atoms with Crippen molar-refractivity contribution in [3.8, 4) is 5.75 Å². The number of alkyl halides is 3. The number of halogens is 3. The fourth-order valence-electron chi connectivity index (χ4n) is 2.23. The third kappa shape index (κ3) is 6.20. The number of benzene rings is 2. The van der Waals surface area contributed by atoms with Gasteiger partial charge in [0.15, 0.2) is 6.61 Å². The van der Waals surface area contributed by atoms with Gasteiger partial charge in [0.05, 0.1) is 4.90 Å². The first-order valence-corrected chi connectivity index (χ1v) is 10.0. The fourth-order valence-corrected chi connectivity index (χ4v) is 3.59. The zero-order chi connectivity index (χ0) is 21.8. The van der Waals surface area contributed by atoms with Gasteiger partial charge in [-0.1, -0.05) is 0 Å². The Balaban J connectivity index is 2.04. The summed E-state index contributed by atoms with van der Waals surface area (Å²) in [6, 6.07) is 10.7. The summed E-state index contributed by atoms with van der Waals surface area (Å²) in [6.07, 6.45) is -4.43. The largest absolute Gasteiger partial charge is 0.484 e. The molecule has 1 N–H and O–H groups in total. The lowest BCUT2D eigenvalue weighted by molar-refractivity contribution is -0.153. The predicted molar refractivity (Wildman–Crippen MR) is 102 cm³/mol. The van der Waals surface area contributed by atoms with Crippen molar-refractivity contribution >= 4 is 21.6 Å². The summed E-state index contributed by atoms with van der Waals surface area (Å²) < 4.78 is 67.1. The molecule has 0 aliphatic rings. The van der Waals surface area contributed by atoms with Gasteiger partial charge in [0, 0.05) is 24.3 Å². The highest BCUT2D eigenvalue weighted by molar-refractivity contribution is 7.89. The van der Waals surface area contributed by atoms with Crippen LogP contribution < -0.4 is 10.1 Å². The molecule has 0 saturated carbocycles. The summed E-state index contributed by atoms with van der Waals surface area (Å²) in [4.78, 5) is 12.4. The highest BCUT2D eigenvalue weighted by atomic mass is 32.2. The molecule has 0 saturated heterocycles. The number of sulfonamides is 1. The lowest BCUT2D eigenvalue weighted by atomic mass is 10.2. The first-order valence-electron chi connectivity index (χ1n) is 8.59. The van der Waals surface area contributed by atoms with Gasteiger partial charge < -0.3 is 10.1 Å². The Morgan fingerprint density at radius 2 is 1.62 bits per heavy atom. The third-order valence-electron chi connectivity index (χ3n) is 4.04. The molecule has 0 aromatic heterocycles. The average molecular weight is 430 g/mol. The maximum absolute atomic E-state index is 12.4. The van der Waals surface area contributed by atoms with Gasteiger partial charge in [0.1, 0.15) is 5.75 Å². The van der Waals surface area contributed by atoms with Crippen LogP contribution in [0.1, 0.15) is 24.2 Å². The van der Waals surface area contributed by atoms with Crippen molar-refractivity contribution in [2.24, 2.45) is 0 Å². The van der Waals surface area contributed by atoms with Crippen molar-refractivity contribution < 1.29 is 31.1 Å². The number of hydrogen-bond acceptors (Lipinski definition) is 4. The summed E-state index contributed by atoms with van der Waals surface area (Å²) >= 11 is 0. The van der Waals surface area contributed by atoms with Crippen LogP contribution in [0.3, 0.4) is 0 Å². The second-order valence-corrected chi connectivity index (χ2v) is 8.52. The molecule has 0 unspecified atom stereocenters. The number of nitrogens with zero attached hydrogens (tertiary/aromatic N) is 1. The van der Waals surface area contributed by atoms with Gasteiger partial charge in [0.25, 0.3) is 5.91 Å². The number of hydrogen-bond donors (Lipinski definition) is 1. The van der Waals surface area contributed by atoms with Gasteiger partial charge in [-0.2, -0.15) is 17.5 Å². The fraction of sp³-hybridized carbons (Fsp3) is 0.316. The molecule has 0 radical (unpaired) electrons. The van der Waals surface area contributed by atoms with Gasteiger partial charge in [-0.05, 0) is 62.4 Å². The van der Waals surface area contributed by atoms with E-state index in [1.807, 2.05) is 0 Å². The van der Waals surface area contributed by atoms with Crippen molar-refractivity contribution in [1.29, 1.82) is 0 Å². The van der Waals surface area contributed by atoms with Crippen LogP contribution in [0.5, 0.6) is 5.75 Å². The molecule has 0 fully saturated rings. The Morgan fingerprint density at radius 3 is 2.10 bits per heavy atom. The number of ether oxygens (including phenoxy) is 1. The molecule has 10 heteroatoms. The molecule has 0 spiro atoms. The topological polar surface area (TPSA) is 75.7 Å². The molecular formula is C19H21F3N2O4S. The van der Waals surface area contributed by atoms with E-state index in [1.54, 1.807) is 13.8 Å². The van der Waals surface area contributed by atoms with E-state index in [0.29, 0.717) is 5.69 Å². The van der Waals surface area contributed by atoms with Crippen LogP contribution in [-0.2, 0) is 10.0 Å². The number of nitrogens with one attached hydrogen (secondary N) is 1. The summed E-state index contributed by atoms with van der Waals surface area (Å²) in [5.41, 5.74) is 0.583. The van der Waals surface area contributed by atoms with E-state index < -0.39 is 28.7 Å². The molecule has 0 aliphatic carbocycles. The van der Waals surface area contributed by atoms with E-state index in [9.17, 15) is 26.4 Å². The zero-order valence-corrected chi connectivity index (χ0v) is 16.8. The average Bonchev–Trinajstić information content (AvgIpc) is 2.66. The molecule has 1 amide bonds. The molecule has 0 bridgehead atoms. The smallest absolute Gasteiger partial charge is 0.422 e. The zero-order valence-electron chi connectivity index (χ0n) is 16.0. The van der Waals surface area contributed by atoms with Crippen molar-refractivity contribution in [3.05, 3.63) is 54.1 Å². The first kappa shape index (κ1) is 22.7. The minimum Gasteiger partial charge on any atom is -0.484 e. The lowest BCUT2D eigenvalue weighted by Crippen LogP contribution is -2.33. The molecule has 0 aliphatic heterocycles. The number of rotatable bonds is 7. The molecule has 0 heterocycles. The summed E-state index contributed by atoms with van der Waals surface area (Å²) in [5.74, 6) is -0.473. The number of carbonyl (C=O) groups excluding carboxylic acids is 1. The molecule has 29 heavy (non-hydrogen) atoms. The third-order valence-corrected chi connectivity index (χ3v) is 6.08. The van der Waals surface area contributed by atoms with Crippen LogP contribution in [0.4, 0.5) is 18.9 Å². The van der Waals surface area contributed by atoms with E-state index in [2.05, 4.69) is 10.1 Å². The van der Waals surface area contributed by atoms with Crippen molar-refractivity contribution in [1.82, 2.24) is 4.31 Å². The maximum Gasteiger partial charge on any atom is 0.422 e. The molecule has 2 aromatic rings. The molecule has 6 nitrogen and oxygen atoms in total. The van der Waals surface area contributed by atoms with Gasteiger partial charge in [-0.15, -0.1) is 0 Å². The Labute approximate surface area is 167 Å². The van der Waals surface area contributed by atoms with Crippen molar-refractivity contribution in [3.63, 3.8) is 0 Å². The minimum atomic E-state index is -4.43. The second-order valence-electron chi connectivity index (χ2n) is 6.52. The highest BCUT2D eigenvalue weighted by Crippen LogP contribution is 2.21.